The van der Waals surface area contributed by atoms with Gasteiger partial charge in [0.15, 0.2) is 5.13 Å². The largest absolute Gasteiger partial charge is 0.493 e. The van der Waals surface area contributed by atoms with E-state index in [9.17, 15) is 8.42 Å². The molecule has 1 heterocycles. The molecular weight excluding hydrogens is 416 g/mol. The standard InChI is InChI=1S/C23H28N2O3S2/c1-3-5-9-18(4-2)16-28-20-12-14-21(15-13-20)30(26,27)25-23-24-22(17-29-23)19-10-7-6-8-11-19/h6-8,10-15,17-18H,3-5,9,16H2,1-2H3,(H,24,25). The van der Waals surface area contributed by atoms with Gasteiger partial charge in [-0.3, -0.25) is 4.72 Å². The summed E-state index contributed by atoms with van der Waals surface area (Å²) >= 11 is 1.26. The highest BCUT2D eigenvalue weighted by Crippen LogP contribution is 2.27. The first-order valence-corrected chi connectivity index (χ1v) is 12.6. The molecule has 0 saturated heterocycles. The highest BCUT2D eigenvalue weighted by Gasteiger charge is 2.17. The van der Waals surface area contributed by atoms with Gasteiger partial charge in [0.25, 0.3) is 10.0 Å². The maximum atomic E-state index is 12.7. The van der Waals surface area contributed by atoms with Gasteiger partial charge in [0.2, 0.25) is 0 Å². The molecule has 0 fully saturated rings. The molecule has 0 aliphatic rings. The van der Waals surface area contributed by atoms with Crippen molar-refractivity contribution in [2.75, 3.05) is 11.3 Å². The lowest BCUT2D eigenvalue weighted by molar-refractivity contribution is 0.233. The first-order chi connectivity index (χ1) is 14.5. The number of unbranched alkanes of at least 4 members (excludes halogenated alkanes) is 1. The van der Waals surface area contributed by atoms with Crippen LogP contribution in [0.5, 0.6) is 5.75 Å². The zero-order chi connectivity index (χ0) is 21.4. The van der Waals surface area contributed by atoms with E-state index in [2.05, 4.69) is 23.6 Å². The van der Waals surface area contributed by atoms with Gasteiger partial charge in [0, 0.05) is 10.9 Å². The summed E-state index contributed by atoms with van der Waals surface area (Å²) in [5.41, 5.74) is 1.70. The van der Waals surface area contributed by atoms with Crippen molar-refractivity contribution in [1.82, 2.24) is 4.98 Å². The third-order valence-corrected chi connectivity index (χ3v) is 7.20. The molecular formula is C23H28N2O3S2. The molecule has 1 aromatic heterocycles. The van der Waals surface area contributed by atoms with Crippen molar-refractivity contribution < 1.29 is 13.2 Å². The Hall–Kier alpha value is -2.38. The molecule has 160 valence electrons. The summed E-state index contributed by atoms with van der Waals surface area (Å²) in [4.78, 5) is 4.58. The number of nitrogens with one attached hydrogen (secondary N) is 1. The van der Waals surface area contributed by atoms with Crippen LogP contribution in [-0.2, 0) is 10.0 Å². The van der Waals surface area contributed by atoms with Gasteiger partial charge in [-0.1, -0.05) is 63.4 Å². The lowest BCUT2D eigenvalue weighted by Gasteiger charge is -2.15. The maximum absolute atomic E-state index is 12.7. The first kappa shape index (κ1) is 22.3. The Morgan fingerprint density at radius 2 is 1.80 bits per heavy atom. The monoisotopic (exact) mass is 444 g/mol. The van der Waals surface area contributed by atoms with E-state index in [4.69, 9.17) is 4.74 Å². The van der Waals surface area contributed by atoms with Crippen LogP contribution in [0.25, 0.3) is 11.3 Å². The molecule has 3 rings (SSSR count). The maximum Gasteiger partial charge on any atom is 0.263 e. The third kappa shape index (κ3) is 6.06. The molecule has 1 unspecified atom stereocenters. The van der Waals surface area contributed by atoms with Crippen LogP contribution in [0.1, 0.15) is 39.5 Å². The van der Waals surface area contributed by atoms with Gasteiger partial charge in [-0.25, -0.2) is 13.4 Å². The van der Waals surface area contributed by atoms with Crippen molar-refractivity contribution in [2.24, 2.45) is 5.92 Å². The van der Waals surface area contributed by atoms with Crippen LogP contribution >= 0.6 is 11.3 Å². The third-order valence-electron chi connectivity index (χ3n) is 4.96. The van der Waals surface area contributed by atoms with Crippen molar-refractivity contribution in [2.45, 2.75) is 44.4 Å². The predicted molar refractivity (Wildman–Crippen MR) is 124 cm³/mol. The summed E-state index contributed by atoms with van der Waals surface area (Å²) in [5.74, 6) is 1.21. The van der Waals surface area contributed by atoms with Crippen LogP contribution in [0.3, 0.4) is 0 Å². The Bertz CT molecular complexity index is 1020. The minimum Gasteiger partial charge on any atom is -0.493 e. The first-order valence-electron chi connectivity index (χ1n) is 10.3. The van der Waals surface area contributed by atoms with Gasteiger partial charge in [-0.2, -0.15) is 0 Å². The molecule has 30 heavy (non-hydrogen) atoms. The molecule has 0 spiro atoms. The molecule has 1 atom stereocenters. The van der Waals surface area contributed by atoms with Gasteiger partial charge < -0.3 is 4.74 Å². The van der Waals surface area contributed by atoms with Crippen molar-refractivity contribution >= 4 is 26.5 Å². The number of benzene rings is 2. The Labute approximate surface area is 183 Å². The van der Waals surface area contributed by atoms with Gasteiger partial charge in [-0.05, 0) is 36.6 Å². The van der Waals surface area contributed by atoms with E-state index in [1.807, 2.05) is 35.7 Å². The number of hydrogen-bond acceptors (Lipinski definition) is 5. The topological polar surface area (TPSA) is 68.3 Å². The smallest absolute Gasteiger partial charge is 0.263 e. The zero-order valence-electron chi connectivity index (χ0n) is 17.4. The average Bonchev–Trinajstić information content (AvgIpc) is 3.22. The quantitative estimate of drug-likeness (QED) is 0.382. The van der Waals surface area contributed by atoms with E-state index in [1.54, 1.807) is 24.3 Å². The van der Waals surface area contributed by atoms with Crippen LogP contribution < -0.4 is 9.46 Å². The fraction of sp³-hybridized carbons (Fsp3) is 0.348. The molecule has 3 aromatic rings. The molecule has 0 aliphatic heterocycles. The summed E-state index contributed by atoms with van der Waals surface area (Å²) in [5, 5.41) is 2.18. The summed E-state index contributed by atoms with van der Waals surface area (Å²) in [6.45, 7) is 5.02. The number of rotatable bonds is 11. The molecule has 0 bridgehead atoms. The second-order valence-corrected chi connectivity index (χ2v) is 9.75. The molecule has 0 amide bonds. The zero-order valence-corrected chi connectivity index (χ0v) is 19.0. The van der Waals surface area contributed by atoms with Gasteiger partial charge in [-0.15, -0.1) is 11.3 Å². The minimum absolute atomic E-state index is 0.185. The van der Waals surface area contributed by atoms with E-state index in [1.165, 1.54) is 24.2 Å². The van der Waals surface area contributed by atoms with Crippen molar-refractivity contribution in [3.63, 3.8) is 0 Å². The molecule has 0 aliphatic carbocycles. The van der Waals surface area contributed by atoms with E-state index in [0.717, 1.165) is 24.1 Å². The lowest BCUT2D eigenvalue weighted by Crippen LogP contribution is -2.13. The van der Waals surface area contributed by atoms with E-state index < -0.39 is 10.0 Å². The van der Waals surface area contributed by atoms with Crippen molar-refractivity contribution in [3.05, 3.63) is 60.0 Å². The molecule has 1 N–H and O–H groups in total. The van der Waals surface area contributed by atoms with Crippen LogP contribution in [0, 0.1) is 5.92 Å². The number of ether oxygens (including phenoxy) is 1. The molecule has 7 heteroatoms. The minimum atomic E-state index is -3.70. The normalized spacial score (nSPS) is 12.5. The highest BCUT2D eigenvalue weighted by molar-refractivity contribution is 7.93. The number of nitrogens with zero attached hydrogens (tertiary/aromatic N) is 1. The highest BCUT2D eigenvalue weighted by atomic mass is 32.2. The second-order valence-electron chi connectivity index (χ2n) is 7.21. The Morgan fingerprint density at radius 3 is 2.47 bits per heavy atom. The molecule has 5 nitrogen and oxygen atoms in total. The number of anilines is 1. The van der Waals surface area contributed by atoms with E-state index in [-0.39, 0.29) is 4.90 Å². The van der Waals surface area contributed by atoms with E-state index >= 15 is 0 Å². The number of aromatic nitrogens is 1. The number of hydrogen-bond donors (Lipinski definition) is 1. The lowest BCUT2D eigenvalue weighted by atomic mass is 10.0. The van der Waals surface area contributed by atoms with E-state index in [0.29, 0.717) is 23.4 Å². The summed E-state index contributed by atoms with van der Waals surface area (Å²) < 4.78 is 33.8. The molecule has 2 aromatic carbocycles. The SMILES string of the molecule is CCCCC(CC)COc1ccc(S(=O)(=O)Nc2nc(-c3ccccc3)cs2)cc1. The second kappa shape index (κ2) is 10.6. The fourth-order valence-electron chi connectivity index (χ4n) is 3.06. The number of sulfonamides is 1. The number of thiazole rings is 1. The van der Waals surface area contributed by atoms with Gasteiger partial charge in [0.05, 0.1) is 17.2 Å². The average molecular weight is 445 g/mol. The van der Waals surface area contributed by atoms with Crippen LogP contribution in [0.4, 0.5) is 5.13 Å². The van der Waals surface area contributed by atoms with Gasteiger partial charge in [0.1, 0.15) is 5.75 Å². The predicted octanol–water partition coefficient (Wildman–Crippen LogP) is 6.21. The summed E-state index contributed by atoms with van der Waals surface area (Å²) in [7, 11) is -3.70. The fourth-order valence-corrected chi connectivity index (χ4v) is 5.04. The molecule has 0 saturated carbocycles. The summed E-state index contributed by atoms with van der Waals surface area (Å²) in [6, 6.07) is 16.2. The van der Waals surface area contributed by atoms with Crippen LogP contribution in [-0.4, -0.2) is 20.0 Å². The van der Waals surface area contributed by atoms with Crippen LogP contribution in [0.2, 0.25) is 0 Å². The Morgan fingerprint density at radius 1 is 1.07 bits per heavy atom. The summed E-state index contributed by atoms with van der Waals surface area (Å²) in [6.07, 6.45) is 4.62. The van der Waals surface area contributed by atoms with Crippen LogP contribution in [0.15, 0.2) is 64.9 Å². The van der Waals surface area contributed by atoms with Crippen molar-refractivity contribution in [3.8, 4) is 17.0 Å². The Kier molecular flexibility index (Phi) is 7.87. The van der Waals surface area contributed by atoms with Crippen molar-refractivity contribution in [1.29, 1.82) is 0 Å². The Balaban J connectivity index is 1.62. The van der Waals surface area contributed by atoms with Gasteiger partial charge >= 0.3 is 0 Å². The molecule has 0 radical (unpaired) electrons.